The van der Waals surface area contributed by atoms with Crippen LogP contribution in [-0.2, 0) is 0 Å². The Kier molecular flexibility index (Phi) is 1.50. The van der Waals surface area contributed by atoms with Gasteiger partial charge in [0.2, 0.25) is 5.01 Å². The molecular weight excluding hydrogens is 150 g/mol. The molecule has 0 aliphatic carbocycles. The van der Waals surface area contributed by atoms with E-state index in [-0.39, 0.29) is 5.01 Å². The molecule has 8 heavy (non-hydrogen) atoms. The standard InChI is InChI=1S/C2ClN3OS/c3-1(7)2-4-5-6-8-2. The molecule has 0 N–H and O–H groups in total. The molecule has 1 aromatic heterocycles. The smallest absolute Gasteiger partial charge is 0.273 e. The molecule has 0 fully saturated rings. The van der Waals surface area contributed by atoms with E-state index in [1.54, 1.807) is 0 Å². The molecule has 1 rings (SSSR count). The van der Waals surface area contributed by atoms with Crippen LogP contribution in [-0.4, -0.2) is 20.0 Å². The lowest BCUT2D eigenvalue weighted by Gasteiger charge is -1.70. The molecule has 6 heteroatoms. The Morgan fingerprint density at radius 2 is 2.50 bits per heavy atom. The van der Waals surface area contributed by atoms with Crippen molar-refractivity contribution >= 4 is 28.4 Å². The van der Waals surface area contributed by atoms with Crippen molar-refractivity contribution in [1.82, 2.24) is 14.8 Å². The van der Waals surface area contributed by atoms with Gasteiger partial charge in [-0.25, -0.2) is 0 Å². The topological polar surface area (TPSA) is 55.7 Å². The molecule has 0 saturated carbocycles. The second-order valence-electron chi connectivity index (χ2n) is 0.941. The third kappa shape index (κ3) is 0.988. The SMILES string of the molecule is O=C(Cl)c1nnns1. The molecule has 1 heterocycles. The van der Waals surface area contributed by atoms with Crippen LogP contribution in [0.2, 0.25) is 0 Å². The number of carbonyl (C=O) groups excluding carboxylic acids is 1. The predicted octanol–water partition coefficient (Wildman–Crippen LogP) is 0.312. The molecule has 0 spiro atoms. The molecule has 0 aliphatic rings. The van der Waals surface area contributed by atoms with Crippen LogP contribution in [0.1, 0.15) is 9.80 Å². The molecule has 0 atom stereocenters. The van der Waals surface area contributed by atoms with Crippen LogP contribution < -0.4 is 0 Å². The van der Waals surface area contributed by atoms with Gasteiger partial charge >= 0.3 is 0 Å². The van der Waals surface area contributed by atoms with Crippen molar-refractivity contribution in [2.45, 2.75) is 0 Å². The molecule has 0 unspecified atom stereocenters. The third-order valence-corrected chi connectivity index (χ3v) is 1.35. The van der Waals surface area contributed by atoms with Gasteiger partial charge in [0.25, 0.3) is 5.24 Å². The van der Waals surface area contributed by atoms with Gasteiger partial charge in [0.05, 0.1) is 0 Å². The minimum atomic E-state index is -0.611. The Labute approximate surface area is 53.6 Å². The van der Waals surface area contributed by atoms with Crippen LogP contribution in [0.4, 0.5) is 0 Å². The maximum absolute atomic E-state index is 10.1. The van der Waals surface area contributed by atoms with E-state index < -0.39 is 5.24 Å². The average Bonchev–Trinajstić information content (AvgIpc) is 2.12. The Morgan fingerprint density at radius 1 is 1.75 bits per heavy atom. The molecule has 42 valence electrons. The monoisotopic (exact) mass is 149 g/mol. The summed E-state index contributed by atoms with van der Waals surface area (Å²) in [6, 6.07) is 0. The fraction of sp³-hybridized carbons (Fsp3) is 0. The molecule has 0 aliphatic heterocycles. The number of aromatic nitrogens is 3. The highest BCUT2D eigenvalue weighted by atomic mass is 35.5. The summed E-state index contributed by atoms with van der Waals surface area (Å²) in [4.78, 5) is 10.1. The van der Waals surface area contributed by atoms with Gasteiger partial charge in [-0.2, -0.15) is 0 Å². The Morgan fingerprint density at radius 3 is 2.75 bits per heavy atom. The molecule has 1 aromatic rings. The van der Waals surface area contributed by atoms with Gasteiger partial charge < -0.3 is 0 Å². The highest BCUT2D eigenvalue weighted by molar-refractivity contribution is 7.09. The van der Waals surface area contributed by atoms with Gasteiger partial charge in [-0.1, -0.05) is 4.49 Å². The van der Waals surface area contributed by atoms with E-state index in [4.69, 9.17) is 11.6 Å². The summed E-state index contributed by atoms with van der Waals surface area (Å²) in [5, 5.41) is 5.97. The first kappa shape index (κ1) is 5.58. The van der Waals surface area contributed by atoms with E-state index in [0.717, 1.165) is 11.5 Å². The van der Waals surface area contributed by atoms with E-state index in [2.05, 4.69) is 14.8 Å². The van der Waals surface area contributed by atoms with Crippen LogP contribution in [0.3, 0.4) is 0 Å². The summed E-state index contributed by atoms with van der Waals surface area (Å²) < 4.78 is 3.32. The molecule has 0 radical (unpaired) electrons. The van der Waals surface area contributed by atoms with Crippen molar-refractivity contribution in [2.24, 2.45) is 0 Å². The molecule has 4 nitrogen and oxygen atoms in total. The first-order chi connectivity index (χ1) is 3.80. The molecule has 0 aromatic carbocycles. The zero-order valence-electron chi connectivity index (χ0n) is 3.54. The van der Waals surface area contributed by atoms with Crippen molar-refractivity contribution in [3.05, 3.63) is 5.01 Å². The Hall–Kier alpha value is -0.550. The van der Waals surface area contributed by atoms with Crippen LogP contribution >= 0.6 is 23.1 Å². The normalized spacial score (nSPS) is 9.12. The summed E-state index contributed by atoms with van der Waals surface area (Å²) in [6.45, 7) is 0. The minimum absolute atomic E-state index is 0.131. The van der Waals surface area contributed by atoms with Crippen molar-refractivity contribution in [3.63, 3.8) is 0 Å². The summed E-state index contributed by atoms with van der Waals surface area (Å²) in [7, 11) is 0. The Balaban J connectivity index is 2.93. The first-order valence-corrected chi connectivity index (χ1v) is 2.80. The minimum Gasteiger partial charge on any atom is -0.273 e. The molecule has 0 saturated heterocycles. The fourth-order valence-corrected chi connectivity index (χ4v) is 0.646. The highest BCUT2D eigenvalue weighted by Crippen LogP contribution is 2.00. The van der Waals surface area contributed by atoms with Crippen LogP contribution in [0.15, 0.2) is 0 Å². The highest BCUT2D eigenvalue weighted by Gasteiger charge is 2.04. The van der Waals surface area contributed by atoms with E-state index >= 15 is 0 Å². The lowest BCUT2D eigenvalue weighted by molar-refractivity contribution is 0.108. The zero-order chi connectivity index (χ0) is 5.98. The summed E-state index contributed by atoms with van der Waals surface area (Å²) in [5.74, 6) is 0. The summed E-state index contributed by atoms with van der Waals surface area (Å²) in [5.41, 5.74) is 0. The first-order valence-electron chi connectivity index (χ1n) is 1.65. The van der Waals surface area contributed by atoms with Crippen molar-refractivity contribution < 1.29 is 4.79 Å². The van der Waals surface area contributed by atoms with Gasteiger partial charge in [0.15, 0.2) is 0 Å². The van der Waals surface area contributed by atoms with E-state index in [0.29, 0.717) is 0 Å². The third-order valence-electron chi connectivity index (χ3n) is 0.467. The number of nitrogens with zero attached hydrogens (tertiary/aromatic N) is 3. The van der Waals surface area contributed by atoms with Gasteiger partial charge in [0.1, 0.15) is 0 Å². The zero-order valence-corrected chi connectivity index (χ0v) is 5.11. The summed E-state index contributed by atoms with van der Waals surface area (Å²) in [6.07, 6.45) is 0. The van der Waals surface area contributed by atoms with Gasteiger partial charge in [-0.15, -0.1) is 5.10 Å². The summed E-state index contributed by atoms with van der Waals surface area (Å²) >= 11 is 5.85. The lowest BCUT2D eigenvalue weighted by Crippen LogP contribution is -1.84. The van der Waals surface area contributed by atoms with E-state index in [1.165, 1.54) is 0 Å². The number of hydrogen-bond donors (Lipinski definition) is 0. The quantitative estimate of drug-likeness (QED) is 0.540. The second-order valence-corrected chi connectivity index (χ2v) is 2.02. The maximum atomic E-state index is 10.1. The number of halogens is 1. The average molecular weight is 150 g/mol. The second kappa shape index (κ2) is 2.15. The molecule has 0 bridgehead atoms. The van der Waals surface area contributed by atoms with Gasteiger partial charge in [0, 0.05) is 11.5 Å². The lowest BCUT2D eigenvalue weighted by atomic mass is 10.8. The van der Waals surface area contributed by atoms with Crippen molar-refractivity contribution in [2.75, 3.05) is 0 Å². The van der Waals surface area contributed by atoms with Crippen molar-refractivity contribution in [1.29, 1.82) is 0 Å². The van der Waals surface area contributed by atoms with E-state index in [9.17, 15) is 4.79 Å². The van der Waals surface area contributed by atoms with Crippen LogP contribution in [0.5, 0.6) is 0 Å². The van der Waals surface area contributed by atoms with Gasteiger partial charge in [-0.3, -0.25) is 4.79 Å². The maximum Gasteiger partial charge on any atom is 0.284 e. The van der Waals surface area contributed by atoms with E-state index in [1.807, 2.05) is 0 Å². The van der Waals surface area contributed by atoms with Crippen LogP contribution in [0, 0.1) is 0 Å². The molecule has 0 amide bonds. The predicted molar refractivity (Wildman–Crippen MR) is 27.9 cm³/mol. The number of rotatable bonds is 1. The van der Waals surface area contributed by atoms with Gasteiger partial charge in [-0.05, 0) is 16.8 Å². The fourth-order valence-electron chi connectivity index (χ4n) is 0.209. The number of carbonyl (C=O) groups is 1. The largest absolute Gasteiger partial charge is 0.284 e. The molecular formula is C2ClN3OS. The van der Waals surface area contributed by atoms with Crippen LogP contribution in [0.25, 0.3) is 0 Å². The number of hydrogen-bond acceptors (Lipinski definition) is 5. The Bertz CT molecular complexity index is 185. The van der Waals surface area contributed by atoms with Crippen molar-refractivity contribution in [3.8, 4) is 0 Å².